The van der Waals surface area contributed by atoms with E-state index in [-0.39, 0.29) is 5.41 Å². The molecule has 2 rings (SSSR count). The maximum absolute atomic E-state index is 6.35. The van der Waals surface area contributed by atoms with Crippen LogP contribution < -0.4 is 5.32 Å². The van der Waals surface area contributed by atoms with Crippen molar-refractivity contribution in [1.82, 2.24) is 5.32 Å². The molecular weight excluding hydrogens is 265 g/mol. The van der Waals surface area contributed by atoms with E-state index >= 15 is 0 Å². The molecule has 18 heavy (non-hydrogen) atoms. The molecule has 2 unspecified atom stereocenters. The van der Waals surface area contributed by atoms with E-state index < -0.39 is 0 Å². The van der Waals surface area contributed by atoms with Crippen LogP contribution in [0, 0.1) is 11.8 Å². The van der Waals surface area contributed by atoms with Crippen LogP contribution in [0.3, 0.4) is 0 Å². The second-order valence-electron chi connectivity index (χ2n) is 5.88. The molecule has 0 radical (unpaired) electrons. The van der Waals surface area contributed by atoms with Crippen LogP contribution >= 0.6 is 23.2 Å². The third kappa shape index (κ3) is 2.68. The first-order valence-electron chi connectivity index (χ1n) is 6.62. The highest BCUT2D eigenvalue weighted by Crippen LogP contribution is 2.57. The van der Waals surface area contributed by atoms with Crippen LogP contribution in [-0.4, -0.2) is 13.1 Å². The predicted molar refractivity (Wildman–Crippen MR) is 79.6 cm³/mol. The molecule has 1 aromatic carbocycles. The summed E-state index contributed by atoms with van der Waals surface area (Å²) < 4.78 is 0. The first-order chi connectivity index (χ1) is 8.47. The Bertz CT molecular complexity index is 410. The van der Waals surface area contributed by atoms with Gasteiger partial charge in [0.1, 0.15) is 0 Å². The van der Waals surface area contributed by atoms with Crippen molar-refractivity contribution in [3.8, 4) is 0 Å². The van der Waals surface area contributed by atoms with Crippen LogP contribution in [0.15, 0.2) is 18.2 Å². The minimum atomic E-state index is 0.143. The van der Waals surface area contributed by atoms with Crippen molar-refractivity contribution < 1.29 is 0 Å². The molecule has 1 nitrogen and oxygen atoms in total. The van der Waals surface area contributed by atoms with Crippen molar-refractivity contribution in [2.24, 2.45) is 11.8 Å². The average Bonchev–Trinajstić information content (AvgIpc) is 2.89. The van der Waals surface area contributed by atoms with Gasteiger partial charge in [0.05, 0.1) is 0 Å². The first kappa shape index (κ1) is 14.2. The first-order valence-corrected chi connectivity index (χ1v) is 7.38. The number of benzene rings is 1. The number of rotatable bonds is 5. The molecule has 2 atom stereocenters. The van der Waals surface area contributed by atoms with Gasteiger partial charge in [-0.2, -0.15) is 0 Å². The highest BCUT2D eigenvalue weighted by molar-refractivity contribution is 6.36. The van der Waals surface area contributed by atoms with Gasteiger partial charge >= 0.3 is 0 Å². The van der Waals surface area contributed by atoms with Gasteiger partial charge in [-0.15, -0.1) is 0 Å². The Morgan fingerprint density at radius 2 is 1.89 bits per heavy atom. The summed E-state index contributed by atoms with van der Waals surface area (Å²) in [5.74, 6) is 1.31. The lowest BCUT2D eigenvalue weighted by atomic mass is 9.93. The summed E-state index contributed by atoms with van der Waals surface area (Å²) in [7, 11) is 0. The molecule has 0 saturated heterocycles. The lowest BCUT2D eigenvalue weighted by Crippen LogP contribution is -2.31. The summed E-state index contributed by atoms with van der Waals surface area (Å²) in [5, 5.41) is 5.16. The summed E-state index contributed by atoms with van der Waals surface area (Å²) in [5.41, 5.74) is 1.28. The van der Waals surface area contributed by atoms with E-state index in [1.54, 1.807) is 0 Å². The van der Waals surface area contributed by atoms with E-state index in [9.17, 15) is 0 Å². The fourth-order valence-corrected chi connectivity index (χ4v) is 3.50. The van der Waals surface area contributed by atoms with Crippen molar-refractivity contribution in [2.75, 3.05) is 13.1 Å². The molecule has 1 aliphatic carbocycles. The molecule has 1 aromatic rings. The molecule has 0 heterocycles. The third-order valence-electron chi connectivity index (χ3n) is 3.91. The smallest absolute Gasteiger partial charge is 0.0459 e. The molecule has 100 valence electrons. The van der Waals surface area contributed by atoms with Gasteiger partial charge in [0.15, 0.2) is 0 Å². The van der Waals surface area contributed by atoms with Crippen molar-refractivity contribution in [3.05, 3.63) is 33.8 Å². The minimum absolute atomic E-state index is 0.143. The average molecular weight is 286 g/mol. The van der Waals surface area contributed by atoms with Crippen LogP contribution in [-0.2, 0) is 5.41 Å². The Hall–Kier alpha value is -0.240. The zero-order valence-electron chi connectivity index (χ0n) is 11.3. The maximum Gasteiger partial charge on any atom is 0.0459 e. The number of nitrogens with one attached hydrogen (secondary N) is 1. The Morgan fingerprint density at radius 3 is 2.33 bits per heavy atom. The molecule has 1 aliphatic rings. The van der Waals surface area contributed by atoms with Gasteiger partial charge in [-0.25, -0.2) is 0 Å². The van der Waals surface area contributed by atoms with Gasteiger partial charge in [0, 0.05) is 22.0 Å². The van der Waals surface area contributed by atoms with Gasteiger partial charge in [0.2, 0.25) is 0 Å². The molecule has 0 aromatic heterocycles. The highest BCUT2D eigenvalue weighted by Gasteiger charge is 2.53. The van der Waals surface area contributed by atoms with Crippen molar-refractivity contribution >= 4 is 23.2 Å². The van der Waals surface area contributed by atoms with Crippen molar-refractivity contribution in [3.63, 3.8) is 0 Å². The molecular formula is C15H21Cl2N. The molecule has 3 heteroatoms. The maximum atomic E-state index is 6.35. The quantitative estimate of drug-likeness (QED) is 0.839. The largest absolute Gasteiger partial charge is 0.316 e. The summed E-state index contributed by atoms with van der Waals surface area (Å²) in [6, 6.07) is 5.80. The van der Waals surface area contributed by atoms with Gasteiger partial charge in [0.25, 0.3) is 0 Å². The molecule has 1 saturated carbocycles. The second-order valence-corrected chi connectivity index (χ2v) is 6.70. The third-order valence-corrected chi connectivity index (χ3v) is 4.54. The summed E-state index contributed by atoms with van der Waals surface area (Å²) in [6.45, 7) is 8.72. The van der Waals surface area contributed by atoms with E-state index in [0.717, 1.165) is 28.7 Å². The Labute approximate surface area is 120 Å². The van der Waals surface area contributed by atoms with Gasteiger partial charge in [-0.05, 0) is 42.5 Å². The lowest BCUT2D eigenvalue weighted by molar-refractivity contribution is 0.493. The topological polar surface area (TPSA) is 12.0 Å². The normalized spacial score (nSPS) is 26.7. The molecule has 1 N–H and O–H groups in total. The Balaban J connectivity index is 2.18. The standard InChI is InChI=1S/C15H21Cl2N/c1-10(2)8-18-9-15(7-11(15)3)14-12(16)5-4-6-13(14)17/h4-6,10-11,18H,7-9H2,1-3H3. The van der Waals surface area contributed by atoms with E-state index in [0.29, 0.717) is 11.8 Å². The minimum Gasteiger partial charge on any atom is -0.316 e. The van der Waals surface area contributed by atoms with Crippen LogP contribution in [0.1, 0.15) is 32.8 Å². The van der Waals surface area contributed by atoms with E-state index in [1.165, 1.54) is 6.42 Å². The summed E-state index contributed by atoms with van der Waals surface area (Å²) in [4.78, 5) is 0. The number of halogens is 2. The van der Waals surface area contributed by atoms with Gasteiger partial charge in [-0.1, -0.05) is 50.0 Å². The SMILES string of the molecule is CC(C)CNCC1(c2c(Cl)cccc2Cl)CC1C. The number of hydrogen-bond donors (Lipinski definition) is 1. The molecule has 0 aliphatic heterocycles. The van der Waals surface area contributed by atoms with Crippen LogP contribution in [0.2, 0.25) is 10.0 Å². The molecule has 0 spiro atoms. The van der Waals surface area contributed by atoms with Crippen LogP contribution in [0.5, 0.6) is 0 Å². The van der Waals surface area contributed by atoms with Gasteiger partial charge in [-0.3, -0.25) is 0 Å². The van der Waals surface area contributed by atoms with E-state index in [2.05, 4.69) is 26.1 Å². The van der Waals surface area contributed by atoms with Crippen LogP contribution in [0.4, 0.5) is 0 Å². The number of hydrogen-bond acceptors (Lipinski definition) is 1. The summed E-state index contributed by atoms with van der Waals surface area (Å²) in [6.07, 6.45) is 1.17. The fourth-order valence-electron chi connectivity index (χ4n) is 2.73. The predicted octanol–water partition coefficient (Wildman–Crippen LogP) is 4.52. The van der Waals surface area contributed by atoms with Crippen LogP contribution in [0.25, 0.3) is 0 Å². The van der Waals surface area contributed by atoms with Crippen molar-refractivity contribution in [1.29, 1.82) is 0 Å². The molecule has 0 bridgehead atoms. The monoisotopic (exact) mass is 285 g/mol. The zero-order valence-corrected chi connectivity index (χ0v) is 12.8. The zero-order chi connectivity index (χ0) is 13.3. The lowest BCUT2D eigenvalue weighted by Gasteiger charge is -2.21. The fraction of sp³-hybridized carbons (Fsp3) is 0.600. The summed E-state index contributed by atoms with van der Waals surface area (Å²) >= 11 is 12.7. The van der Waals surface area contributed by atoms with Crippen molar-refractivity contribution in [2.45, 2.75) is 32.6 Å². The Kier molecular flexibility index (Phi) is 4.25. The van der Waals surface area contributed by atoms with E-state index in [4.69, 9.17) is 23.2 Å². The Morgan fingerprint density at radius 1 is 1.33 bits per heavy atom. The van der Waals surface area contributed by atoms with Gasteiger partial charge < -0.3 is 5.32 Å². The highest BCUT2D eigenvalue weighted by atomic mass is 35.5. The second kappa shape index (κ2) is 5.40. The molecule has 0 amide bonds. The molecule has 1 fully saturated rings. The van der Waals surface area contributed by atoms with E-state index in [1.807, 2.05) is 18.2 Å².